The third-order valence-corrected chi connectivity index (χ3v) is 5.79. The van der Waals surface area contributed by atoms with Gasteiger partial charge in [-0.05, 0) is 23.8 Å². The average Bonchev–Trinajstić information content (AvgIpc) is 3.29. The first-order valence-electron chi connectivity index (χ1n) is 7.90. The zero-order valence-corrected chi connectivity index (χ0v) is 14.6. The second-order valence-corrected chi connectivity index (χ2v) is 7.91. The molecular formula is C17H14N5O4S+. The number of rotatable bonds is 5. The number of nitrogens with one attached hydrogen (secondary N) is 2. The van der Waals surface area contributed by atoms with Gasteiger partial charge in [-0.2, -0.15) is 5.10 Å². The molecule has 0 saturated carbocycles. The summed E-state index contributed by atoms with van der Waals surface area (Å²) in [6, 6.07) is 10.8. The van der Waals surface area contributed by atoms with Gasteiger partial charge in [0.2, 0.25) is 0 Å². The predicted molar refractivity (Wildman–Crippen MR) is 96.1 cm³/mol. The van der Waals surface area contributed by atoms with Crippen LogP contribution in [-0.4, -0.2) is 38.7 Å². The smallest absolute Gasteiger partial charge is 0.316 e. The Kier molecular flexibility index (Phi) is 3.96. The van der Waals surface area contributed by atoms with Crippen molar-refractivity contribution in [3.63, 3.8) is 0 Å². The fourth-order valence-electron chi connectivity index (χ4n) is 2.77. The Morgan fingerprint density at radius 2 is 1.93 bits per heavy atom. The van der Waals surface area contributed by atoms with Crippen molar-refractivity contribution in [3.8, 4) is 11.4 Å². The minimum Gasteiger partial charge on any atom is -0.359 e. The SMILES string of the molecule is O=[N+](O)c1ccc(CS(=O)(=O)c2c[nH]c(-c3n[nH]c4ncccc34)c2)cc1. The van der Waals surface area contributed by atoms with Crippen LogP contribution < -0.4 is 0 Å². The van der Waals surface area contributed by atoms with E-state index in [4.69, 9.17) is 5.21 Å². The van der Waals surface area contributed by atoms with Crippen LogP contribution in [0.3, 0.4) is 0 Å². The zero-order valence-electron chi connectivity index (χ0n) is 13.8. The number of sulfone groups is 1. The number of aromatic nitrogens is 4. The third-order valence-electron chi connectivity index (χ3n) is 4.12. The van der Waals surface area contributed by atoms with Gasteiger partial charge in [-0.3, -0.25) is 5.10 Å². The molecule has 10 heteroatoms. The standard InChI is InChI=1S/C17H14N5O4S/c23-22(24)12-5-3-11(4-6-12)10-27(25,26)13-8-15(19-9-13)16-14-2-1-7-18-17(14)21-20-16/h1-9,19H,10H2,(H,23,24)(H,18,20,21)/q+1. The molecule has 0 atom stereocenters. The molecule has 3 N–H and O–H groups in total. The highest BCUT2D eigenvalue weighted by Crippen LogP contribution is 2.27. The Morgan fingerprint density at radius 1 is 1.15 bits per heavy atom. The quantitative estimate of drug-likeness (QED) is 0.453. The highest BCUT2D eigenvalue weighted by atomic mass is 32.2. The van der Waals surface area contributed by atoms with E-state index in [0.29, 0.717) is 22.6 Å². The van der Waals surface area contributed by atoms with Crippen LogP contribution in [0, 0.1) is 4.91 Å². The van der Waals surface area contributed by atoms with Crippen LogP contribution in [0.15, 0.2) is 59.8 Å². The molecule has 0 fully saturated rings. The molecule has 0 unspecified atom stereocenters. The molecule has 0 aliphatic carbocycles. The molecule has 0 aliphatic rings. The molecule has 1 aromatic carbocycles. The van der Waals surface area contributed by atoms with Crippen molar-refractivity contribution in [2.24, 2.45) is 0 Å². The lowest BCUT2D eigenvalue weighted by molar-refractivity contribution is -0.729. The summed E-state index contributed by atoms with van der Waals surface area (Å²) in [6.45, 7) is 0. The highest BCUT2D eigenvalue weighted by molar-refractivity contribution is 7.90. The summed E-state index contributed by atoms with van der Waals surface area (Å²) in [5, 5.41) is 16.6. The average molecular weight is 384 g/mol. The molecular weight excluding hydrogens is 370 g/mol. The van der Waals surface area contributed by atoms with Crippen LogP contribution in [0.1, 0.15) is 5.56 Å². The first-order chi connectivity index (χ1) is 12.9. The topological polar surface area (TPSA) is 132 Å². The number of hydrogen-bond acceptors (Lipinski definition) is 5. The van der Waals surface area contributed by atoms with E-state index >= 15 is 0 Å². The van der Waals surface area contributed by atoms with E-state index in [0.717, 1.165) is 5.39 Å². The van der Waals surface area contributed by atoms with Crippen LogP contribution in [0.2, 0.25) is 0 Å². The lowest BCUT2D eigenvalue weighted by Gasteiger charge is -2.01. The number of fused-ring (bicyclic) bond motifs is 1. The molecule has 0 amide bonds. The lowest BCUT2D eigenvalue weighted by Crippen LogP contribution is -2.04. The number of hydrogen-bond donors (Lipinski definition) is 3. The number of nitrogens with zero attached hydrogens (tertiary/aromatic N) is 3. The van der Waals surface area contributed by atoms with Gasteiger partial charge < -0.3 is 4.98 Å². The number of pyridine rings is 1. The first kappa shape index (κ1) is 16.9. The molecule has 0 radical (unpaired) electrons. The normalized spacial score (nSPS) is 11.7. The van der Waals surface area contributed by atoms with Crippen LogP contribution in [0.5, 0.6) is 0 Å². The summed E-state index contributed by atoms with van der Waals surface area (Å²) >= 11 is 0. The Labute approximate surface area is 153 Å². The Bertz CT molecular complexity index is 1240. The van der Waals surface area contributed by atoms with E-state index in [-0.39, 0.29) is 21.3 Å². The molecule has 9 nitrogen and oxygen atoms in total. The molecule has 4 aromatic rings. The minimum absolute atomic E-state index is 0.0269. The van der Waals surface area contributed by atoms with Crippen LogP contribution in [0.4, 0.5) is 5.69 Å². The van der Waals surface area contributed by atoms with E-state index in [1.54, 1.807) is 12.3 Å². The Balaban J connectivity index is 1.62. The van der Waals surface area contributed by atoms with Crippen LogP contribution >= 0.6 is 0 Å². The summed E-state index contributed by atoms with van der Waals surface area (Å²) < 4.78 is 25.4. The van der Waals surface area contributed by atoms with E-state index in [9.17, 15) is 13.3 Å². The number of H-pyrrole nitrogens is 2. The maximum Gasteiger partial charge on any atom is 0.316 e. The van der Waals surface area contributed by atoms with Crippen molar-refractivity contribution < 1.29 is 18.5 Å². The molecule has 0 saturated heterocycles. The fraction of sp³-hybridized carbons (Fsp3) is 0.0588. The lowest BCUT2D eigenvalue weighted by atomic mass is 10.2. The zero-order chi connectivity index (χ0) is 19.0. The fourth-order valence-corrected chi connectivity index (χ4v) is 4.11. The van der Waals surface area contributed by atoms with Gasteiger partial charge >= 0.3 is 5.69 Å². The molecule has 4 rings (SSSR count). The molecule has 27 heavy (non-hydrogen) atoms. The van der Waals surface area contributed by atoms with Crippen molar-refractivity contribution in [1.29, 1.82) is 0 Å². The highest BCUT2D eigenvalue weighted by Gasteiger charge is 2.20. The van der Waals surface area contributed by atoms with E-state index in [1.165, 1.54) is 36.5 Å². The third kappa shape index (κ3) is 3.17. The first-order valence-corrected chi connectivity index (χ1v) is 9.55. The van der Waals surface area contributed by atoms with Gasteiger partial charge in [0.1, 0.15) is 5.69 Å². The van der Waals surface area contributed by atoms with Crippen molar-refractivity contribution in [1.82, 2.24) is 20.2 Å². The van der Waals surface area contributed by atoms with Crippen LogP contribution in [-0.2, 0) is 15.6 Å². The minimum atomic E-state index is -3.61. The molecule has 0 bridgehead atoms. The molecule has 0 spiro atoms. The van der Waals surface area contributed by atoms with E-state index < -0.39 is 9.84 Å². The summed E-state index contributed by atoms with van der Waals surface area (Å²) in [6.07, 6.45) is 3.06. The largest absolute Gasteiger partial charge is 0.359 e. The number of aromatic amines is 2. The molecule has 0 aliphatic heterocycles. The maximum absolute atomic E-state index is 12.7. The van der Waals surface area contributed by atoms with Crippen LogP contribution in [0.25, 0.3) is 22.4 Å². The van der Waals surface area contributed by atoms with Gasteiger partial charge in [-0.25, -0.2) is 18.6 Å². The maximum atomic E-state index is 12.7. The summed E-state index contributed by atoms with van der Waals surface area (Å²) in [5.41, 5.74) is 2.28. The van der Waals surface area contributed by atoms with Crippen molar-refractivity contribution in [3.05, 3.63) is 65.3 Å². The Morgan fingerprint density at radius 3 is 2.67 bits per heavy atom. The van der Waals surface area contributed by atoms with Gasteiger partial charge in [0.15, 0.2) is 15.5 Å². The second kappa shape index (κ2) is 6.32. The van der Waals surface area contributed by atoms with E-state index in [2.05, 4.69) is 20.2 Å². The summed E-state index contributed by atoms with van der Waals surface area (Å²) in [5.74, 6) is -0.238. The van der Waals surface area contributed by atoms with Gasteiger partial charge in [-0.1, -0.05) is 12.1 Å². The molecule has 3 heterocycles. The second-order valence-electron chi connectivity index (χ2n) is 5.92. The van der Waals surface area contributed by atoms with Crippen molar-refractivity contribution in [2.45, 2.75) is 10.6 Å². The summed E-state index contributed by atoms with van der Waals surface area (Å²) in [4.78, 5) is 17.8. The van der Waals surface area contributed by atoms with Crippen molar-refractivity contribution >= 4 is 26.6 Å². The molecule has 136 valence electrons. The predicted octanol–water partition coefficient (Wildman–Crippen LogP) is 2.73. The van der Waals surface area contributed by atoms with E-state index in [1.807, 2.05) is 6.07 Å². The number of benzene rings is 1. The van der Waals surface area contributed by atoms with Gasteiger partial charge in [0, 0.05) is 29.9 Å². The van der Waals surface area contributed by atoms with Gasteiger partial charge in [0.25, 0.3) is 4.92 Å². The molecule has 3 aromatic heterocycles. The Hall–Kier alpha value is -3.53. The van der Waals surface area contributed by atoms with Gasteiger partial charge in [0.05, 0.1) is 21.2 Å². The summed E-state index contributed by atoms with van der Waals surface area (Å²) in [7, 11) is -3.61. The van der Waals surface area contributed by atoms with Crippen molar-refractivity contribution in [2.75, 3.05) is 0 Å². The van der Waals surface area contributed by atoms with Gasteiger partial charge in [-0.15, -0.1) is 0 Å². The monoisotopic (exact) mass is 384 g/mol.